The number of esters is 3. The number of hydrogen-bond donors (Lipinski definition) is 3. The average molecular weight is 1100 g/mol. The first-order valence-electron chi connectivity index (χ1n) is 30.5. The van der Waals surface area contributed by atoms with Gasteiger partial charge in [-0.1, -0.05) is 232 Å². The van der Waals surface area contributed by atoms with Crippen LogP contribution >= 0.6 is 0 Å². The summed E-state index contributed by atoms with van der Waals surface area (Å²) < 4.78 is 28.3. The summed E-state index contributed by atoms with van der Waals surface area (Å²) in [5.41, 5.74) is 0. The first-order chi connectivity index (χ1) is 38.6. The van der Waals surface area contributed by atoms with Crippen LogP contribution in [0.15, 0.2) is 122 Å². The molecule has 1 fully saturated rings. The number of ether oxygens (including phenoxy) is 5. The first-order valence-corrected chi connectivity index (χ1v) is 30.5. The van der Waals surface area contributed by atoms with Gasteiger partial charge in [-0.15, -0.1) is 0 Å². The minimum Gasteiger partial charge on any atom is -0.479 e. The standard InChI is InChI=1S/C67H106O12/c1-4-7-10-13-16-19-22-25-27-29-30-32-34-37-40-43-46-49-52-55-61(70)78-65-63(72)62(71)64(66(73)74)79-67(65)76-57-58(77-60(69)54-51-48-45-42-39-35-24-21-18-15-12-9-6-3)56-75-59(68)53-50-47-44-41-38-36-33-31-28-26-23-20-17-14-11-8-5-2/h7-8,10-11,16-17,19-20,25-28,30,32-33,36-37,40,46,49,58,62-65,67,71-72H,4-6,9,12-15,18,21-24,29,31,34-35,38-39,41-45,47-48,50-57H2,1-3H3,(H,73,74)/b10-7-,11-8-,19-16-,20-17-,27-25-,28-26-,32-30-,36-33-,40-37-,49-46-. The molecule has 0 radical (unpaired) electrons. The van der Waals surface area contributed by atoms with Crippen molar-refractivity contribution in [1.82, 2.24) is 0 Å². The number of carbonyl (C=O) groups excluding carboxylic acids is 3. The van der Waals surface area contributed by atoms with Crippen molar-refractivity contribution in [1.29, 1.82) is 0 Å². The quantitative estimate of drug-likeness (QED) is 0.0228. The molecule has 446 valence electrons. The molecule has 0 saturated carbocycles. The maximum absolute atomic E-state index is 13.2. The lowest BCUT2D eigenvalue weighted by Gasteiger charge is -2.40. The first kappa shape index (κ1) is 72.1. The zero-order valence-corrected chi connectivity index (χ0v) is 49.1. The number of carboxylic acids is 1. The van der Waals surface area contributed by atoms with Gasteiger partial charge in [-0.2, -0.15) is 0 Å². The second-order valence-corrected chi connectivity index (χ2v) is 20.2. The highest BCUT2D eigenvalue weighted by atomic mass is 16.7. The minimum absolute atomic E-state index is 0.0722. The summed E-state index contributed by atoms with van der Waals surface area (Å²) in [6, 6.07) is 0. The third-order valence-corrected chi connectivity index (χ3v) is 13.0. The van der Waals surface area contributed by atoms with Gasteiger partial charge in [-0.3, -0.25) is 14.4 Å². The van der Waals surface area contributed by atoms with E-state index in [1.807, 2.05) is 18.2 Å². The van der Waals surface area contributed by atoms with Gasteiger partial charge in [0.05, 0.1) is 6.61 Å². The van der Waals surface area contributed by atoms with Crippen LogP contribution < -0.4 is 0 Å². The maximum atomic E-state index is 13.2. The van der Waals surface area contributed by atoms with Crippen LogP contribution in [0.2, 0.25) is 0 Å². The lowest BCUT2D eigenvalue weighted by atomic mass is 9.98. The molecule has 1 saturated heterocycles. The summed E-state index contributed by atoms with van der Waals surface area (Å²) in [6.45, 7) is 5.71. The highest BCUT2D eigenvalue weighted by molar-refractivity contribution is 5.74. The summed E-state index contributed by atoms with van der Waals surface area (Å²) in [4.78, 5) is 51.2. The molecule has 0 aliphatic carbocycles. The molecule has 1 heterocycles. The zero-order chi connectivity index (χ0) is 57.5. The Kier molecular flexibility index (Phi) is 49.1. The third kappa shape index (κ3) is 43.6. The molecule has 1 rings (SSSR count). The molecule has 0 aromatic heterocycles. The van der Waals surface area contributed by atoms with Gasteiger partial charge in [0.2, 0.25) is 0 Å². The van der Waals surface area contributed by atoms with E-state index in [-0.39, 0.29) is 25.9 Å². The Labute approximate surface area is 478 Å². The molecule has 6 unspecified atom stereocenters. The van der Waals surface area contributed by atoms with Crippen LogP contribution in [0.5, 0.6) is 0 Å². The number of aliphatic carboxylic acids is 1. The van der Waals surface area contributed by atoms with E-state index in [0.29, 0.717) is 25.7 Å². The Hall–Kier alpha value is -4.88. The van der Waals surface area contributed by atoms with Crippen molar-refractivity contribution in [3.8, 4) is 0 Å². The summed E-state index contributed by atoms with van der Waals surface area (Å²) in [5, 5.41) is 31.5. The van der Waals surface area contributed by atoms with E-state index in [2.05, 4.69) is 124 Å². The Bertz CT molecular complexity index is 1840. The van der Waals surface area contributed by atoms with Gasteiger partial charge < -0.3 is 39.0 Å². The van der Waals surface area contributed by atoms with E-state index in [9.17, 15) is 34.5 Å². The van der Waals surface area contributed by atoms with Crippen LogP contribution in [-0.4, -0.2) is 89.2 Å². The molecule has 1 aliphatic rings. The average Bonchev–Trinajstić information content (AvgIpc) is 3.46. The molecule has 0 aromatic carbocycles. The number of aliphatic hydroxyl groups excluding tert-OH is 2. The van der Waals surface area contributed by atoms with Crippen LogP contribution in [0.25, 0.3) is 0 Å². The summed E-state index contributed by atoms with van der Waals surface area (Å²) in [6.07, 6.45) is 61.7. The van der Waals surface area contributed by atoms with Gasteiger partial charge in [0.1, 0.15) is 18.8 Å². The molecule has 12 heteroatoms. The van der Waals surface area contributed by atoms with Crippen LogP contribution in [0.1, 0.15) is 226 Å². The molecule has 6 atom stereocenters. The van der Waals surface area contributed by atoms with Gasteiger partial charge in [-0.05, 0) is 96.3 Å². The zero-order valence-electron chi connectivity index (χ0n) is 49.1. The summed E-state index contributed by atoms with van der Waals surface area (Å²) in [5.74, 6) is -3.27. The second-order valence-electron chi connectivity index (χ2n) is 20.2. The third-order valence-electron chi connectivity index (χ3n) is 13.0. The number of carboxylic acid groups (broad SMARTS) is 1. The van der Waals surface area contributed by atoms with E-state index >= 15 is 0 Å². The fourth-order valence-electron chi connectivity index (χ4n) is 8.44. The molecular formula is C67H106O12. The Morgan fingerprint density at radius 2 is 0.823 bits per heavy atom. The predicted molar refractivity (Wildman–Crippen MR) is 321 cm³/mol. The molecule has 0 bridgehead atoms. The van der Waals surface area contributed by atoms with Gasteiger partial charge in [0, 0.05) is 19.3 Å². The lowest BCUT2D eigenvalue weighted by molar-refractivity contribution is -0.301. The number of unbranched alkanes of at least 4 members (excludes halogenated alkanes) is 16. The number of hydrogen-bond acceptors (Lipinski definition) is 11. The fraction of sp³-hybridized carbons (Fsp3) is 0.642. The van der Waals surface area contributed by atoms with Crippen molar-refractivity contribution >= 4 is 23.9 Å². The molecule has 0 spiro atoms. The van der Waals surface area contributed by atoms with Crippen LogP contribution in [0.3, 0.4) is 0 Å². The van der Waals surface area contributed by atoms with Crippen LogP contribution in [-0.2, 0) is 42.9 Å². The van der Waals surface area contributed by atoms with E-state index in [1.165, 1.54) is 57.8 Å². The van der Waals surface area contributed by atoms with Crippen molar-refractivity contribution in [2.75, 3.05) is 13.2 Å². The Morgan fingerprint density at radius 1 is 0.430 bits per heavy atom. The molecule has 79 heavy (non-hydrogen) atoms. The van der Waals surface area contributed by atoms with Crippen molar-refractivity contribution < 1.29 is 58.2 Å². The minimum atomic E-state index is -1.94. The fourth-order valence-corrected chi connectivity index (χ4v) is 8.44. The maximum Gasteiger partial charge on any atom is 0.335 e. The number of rotatable bonds is 50. The SMILES string of the molecule is CC/C=C\C/C=C\C/C=C\C/C=C\C/C=C\C/C=C\CCC(=O)OC1C(OCC(COC(=O)CCCCCC/C=C\C/C=C\C/C=C\C/C=C\CC)OC(=O)CCCCCCCCCCCCCCC)OC(C(=O)O)C(O)C1O. The topological polar surface area (TPSA) is 175 Å². The monoisotopic (exact) mass is 1100 g/mol. The largest absolute Gasteiger partial charge is 0.479 e. The van der Waals surface area contributed by atoms with Crippen molar-refractivity contribution in [2.24, 2.45) is 0 Å². The Balaban J connectivity index is 2.74. The predicted octanol–water partition coefficient (Wildman–Crippen LogP) is 16.0. The van der Waals surface area contributed by atoms with Crippen molar-refractivity contribution in [2.45, 2.75) is 263 Å². The summed E-state index contributed by atoms with van der Waals surface area (Å²) in [7, 11) is 0. The van der Waals surface area contributed by atoms with Gasteiger partial charge in [0.15, 0.2) is 24.6 Å². The van der Waals surface area contributed by atoms with Gasteiger partial charge in [0.25, 0.3) is 0 Å². The van der Waals surface area contributed by atoms with Crippen LogP contribution in [0, 0.1) is 0 Å². The van der Waals surface area contributed by atoms with Crippen molar-refractivity contribution in [3.63, 3.8) is 0 Å². The van der Waals surface area contributed by atoms with E-state index in [4.69, 9.17) is 23.7 Å². The number of carbonyl (C=O) groups is 4. The lowest BCUT2D eigenvalue weighted by Crippen LogP contribution is -2.61. The normalized spacial score (nSPS) is 18.7. The second kappa shape index (κ2) is 53.7. The Morgan fingerprint density at radius 3 is 1.27 bits per heavy atom. The van der Waals surface area contributed by atoms with E-state index in [0.717, 1.165) is 103 Å². The number of allylic oxidation sites excluding steroid dienone is 20. The number of aliphatic hydroxyl groups is 2. The highest BCUT2D eigenvalue weighted by Crippen LogP contribution is 2.26. The van der Waals surface area contributed by atoms with Crippen molar-refractivity contribution in [3.05, 3.63) is 122 Å². The highest BCUT2D eigenvalue weighted by Gasteiger charge is 2.50. The molecule has 0 amide bonds. The van der Waals surface area contributed by atoms with Crippen LogP contribution in [0.4, 0.5) is 0 Å². The van der Waals surface area contributed by atoms with E-state index < -0.39 is 67.3 Å². The van der Waals surface area contributed by atoms with E-state index in [1.54, 1.807) is 0 Å². The molecule has 1 aliphatic heterocycles. The molecular weight excluding hydrogens is 997 g/mol. The molecule has 0 aromatic rings. The molecule has 12 nitrogen and oxygen atoms in total. The molecule has 3 N–H and O–H groups in total. The summed E-state index contributed by atoms with van der Waals surface area (Å²) >= 11 is 0. The van der Waals surface area contributed by atoms with Gasteiger partial charge in [-0.25, -0.2) is 4.79 Å². The van der Waals surface area contributed by atoms with Gasteiger partial charge >= 0.3 is 23.9 Å². The smallest absolute Gasteiger partial charge is 0.335 e.